The number of nitrogens with zero attached hydrogens (tertiary/aromatic N) is 2. The molecule has 2 heterocycles. The van der Waals surface area contributed by atoms with E-state index in [9.17, 15) is 9.18 Å². The van der Waals surface area contributed by atoms with E-state index in [-0.39, 0.29) is 11.4 Å². The van der Waals surface area contributed by atoms with E-state index >= 15 is 0 Å². The van der Waals surface area contributed by atoms with Crippen molar-refractivity contribution in [2.24, 2.45) is 0 Å². The molecule has 2 aromatic heterocycles. The van der Waals surface area contributed by atoms with Crippen molar-refractivity contribution in [3.05, 3.63) is 118 Å². The highest BCUT2D eigenvalue weighted by molar-refractivity contribution is 5.92. The summed E-state index contributed by atoms with van der Waals surface area (Å²) >= 11 is 0. The molecule has 158 valence electrons. The number of fused-ring (bicyclic) bond motifs is 1. The monoisotopic (exact) mass is 424 g/mol. The first-order valence-corrected chi connectivity index (χ1v) is 10.4. The van der Waals surface area contributed by atoms with Gasteiger partial charge < -0.3 is 10.3 Å². The Kier molecular flexibility index (Phi) is 5.35. The Morgan fingerprint density at radius 1 is 0.844 bits per heavy atom. The summed E-state index contributed by atoms with van der Waals surface area (Å²) in [5.41, 5.74) is 4.18. The van der Waals surface area contributed by atoms with Crippen LogP contribution in [0.3, 0.4) is 0 Å². The first kappa shape index (κ1) is 19.9. The number of nitrogens with one attached hydrogen (secondary N) is 2. The van der Waals surface area contributed by atoms with Gasteiger partial charge in [-0.2, -0.15) is 5.10 Å². The quantitative estimate of drug-likeness (QED) is 0.411. The van der Waals surface area contributed by atoms with Gasteiger partial charge in [-0.3, -0.25) is 4.79 Å². The topological polar surface area (TPSA) is 62.7 Å². The van der Waals surface area contributed by atoms with E-state index in [1.54, 1.807) is 22.9 Å². The van der Waals surface area contributed by atoms with Crippen LogP contribution in [-0.2, 0) is 13.1 Å². The zero-order valence-corrected chi connectivity index (χ0v) is 17.3. The van der Waals surface area contributed by atoms with E-state index in [1.807, 2.05) is 66.7 Å². The average Bonchev–Trinajstić information content (AvgIpc) is 3.20. The Morgan fingerprint density at radius 3 is 2.25 bits per heavy atom. The molecule has 0 saturated heterocycles. The van der Waals surface area contributed by atoms with E-state index < -0.39 is 0 Å². The van der Waals surface area contributed by atoms with Crippen LogP contribution in [0, 0.1) is 5.82 Å². The van der Waals surface area contributed by atoms with Crippen LogP contribution in [0.2, 0.25) is 0 Å². The summed E-state index contributed by atoms with van der Waals surface area (Å²) in [6, 6.07) is 28.1. The number of aromatic amines is 1. The zero-order valence-electron chi connectivity index (χ0n) is 17.3. The molecule has 5 aromatic rings. The molecule has 0 bridgehead atoms. The van der Waals surface area contributed by atoms with Gasteiger partial charge >= 0.3 is 0 Å². The second-order valence-corrected chi connectivity index (χ2v) is 7.54. The summed E-state index contributed by atoms with van der Waals surface area (Å²) in [7, 11) is 0. The molecule has 5 nitrogen and oxygen atoms in total. The maximum absolute atomic E-state index is 13.9. The number of hydrogen-bond acceptors (Lipinski definition) is 3. The molecule has 0 aliphatic rings. The fourth-order valence-electron chi connectivity index (χ4n) is 3.78. The fourth-order valence-corrected chi connectivity index (χ4v) is 3.78. The Labute approximate surface area is 184 Å². The summed E-state index contributed by atoms with van der Waals surface area (Å²) in [4.78, 5) is 15.9. The van der Waals surface area contributed by atoms with E-state index in [0.29, 0.717) is 29.9 Å². The molecule has 0 fully saturated rings. The number of hydrogen-bond donors (Lipinski definition) is 2. The third-order valence-corrected chi connectivity index (χ3v) is 5.40. The maximum Gasteiger partial charge on any atom is 0.254 e. The van der Waals surface area contributed by atoms with Crippen molar-refractivity contribution in [2.45, 2.75) is 13.1 Å². The maximum atomic E-state index is 13.9. The van der Waals surface area contributed by atoms with Gasteiger partial charge in [-0.1, -0.05) is 66.7 Å². The van der Waals surface area contributed by atoms with Gasteiger partial charge in [0, 0.05) is 35.2 Å². The lowest BCUT2D eigenvalue weighted by molar-refractivity contribution is 0.587. The van der Waals surface area contributed by atoms with Gasteiger partial charge in [-0.25, -0.2) is 9.07 Å². The van der Waals surface area contributed by atoms with Crippen molar-refractivity contribution in [3.8, 4) is 16.9 Å². The molecule has 0 amide bonds. The van der Waals surface area contributed by atoms with E-state index in [4.69, 9.17) is 5.10 Å². The largest absolute Gasteiger partial charge is 0.308 e. The molecule has 0 aliphatic carbocycles. The Balaban J connectivity index is 1.55. The third kappa shape index (κ3) is 3.84. The van der Waals surface area contributed by atoms with Gasteiger partial charge in [0.25, 0.3) is 5.56 Å². The van der Waals surface area contributed by atoms with Crippen LogP contribution in [0.25, 0.3) is 28.0 Å². The summed E-state index contributed by atoms with van der Waals surface area (Å²) in [6.45, 7) is 0.642. The number of halogens is 1. The second kappa shape index (κ2) is 8.61. The average molecular weight is 424 g/mol. The van der Waals surface area contributed by atoms with Crippen LogP contribution in [-0.4, -0.2) is 14.8 Å². The van der Waals surface area contributed by atoms with Crippen LogP contribution in [0.5, 0.6) is 0 Å². The predicted octanol–water partition coefficient (Wildman–Crippen LogP) is 4.81. The highest BCUT2D eigenvalue weighted by atomic mass is 19.1. The van der Waals surface area contributed by atoms with Crippen LogP contribution in [0.4, 0.5) is 4.39 Å². The van der Waals surface area contributed by atoms with Gasteiger partial charge in [-0.05, 0) is 24.3 Å². The minimum atomic E-state index is -0.264. The van der Waals surface area contributed by atoms with Gasteiger partial charge in [-0.15, -0.1) is 0 Å². The molecule has 2 N–H and O–H groups in total. The van der Waals surface area contributed by atoms with Gasteiger partial charge in [0.2, 0.25) is 0 Å². The molecule has 0 aliphatic heterocycles. The van der Waals surface area contributed by atoms with Crippen molar-refractivity contribution in [1.29, 1.82) is 0 Å². The molecule has 5 rings (SSSR count). The van der Waals surface area contributed by atoms with E-state index in [2.05, 4.69) is 10.3 Å². The Hall–Kier alpha value is -4.03. The van der Waals surface area contributed by atoms with Crippen molar-refractivity contribution in [2.75, 3.05) is 0 Å². The van der Waals surface area contributed by atoms with E-state index in [1.165, 1.54) is 6.07 Å². The van der Waals surface area contributed by atoms with Gasteiger partial charge in [0.15, 0.2) is 0 Å². The molecule has 6 heteroatoms. The molecule has 3 aromatic carbocycles. The fraction of sp³-hybridized carbons (Fsp3) is 0.0769. The lowest BCUT2D eigenvalue weighted by Gasteiger charge is -2.07. The first-order valence-electron chi connectivity index (χ1n) is 10.4. The molecule has 0 radical (unpaired) electrons. The minimum Gasteiger partial charge on any atom is -0.308 e. The number of H-pyrrole nitrogens is 1. The zero-order chi connectivity index (χ0) is 21.9. The second-order valence-electron chi connectivity index (χ2n) is 7.54. The number of para-hydroxylation sites is 1. The van der Waals surface area contributed by atoms with Crippen LogP contribution in [0.1, 0.15) is 11.1 Å². The van der Waals surface area contributed by atoms with E-state index in [0.717, 1.165) is 22.3 Å². The molecular formula is C26H21FN4O. The molecule has 32 heavy (non-hydrogen) atoms. The molecular weight excluding hydrogens is 403 g/mol. The number of rotatable bonds is 6. The Morgan fingerprint density at radius 2 is 1.50 bits per heavy atom. The highest BCUT2D eigenvalue weighted by Crippen LogP contribution is 2.28. The molecule has 0 atom stereocenters. The lowest BCUT2D eigenvalue weighted by Crippen LogP contribution is -2.21. The molecule has 0 unspecified atom stereocenters. The highest BCUT2D eigenvalue weighted by Gasteiger charge is 2.16. The molecule has 0 saturated carbocycles. The van der Waals surface area contributed by atoms with Crippen LogP contribution in [0.15, 0.2) is 95.8 Å². The van der Waals surface area contributed by atoms with Crippen molar-refractivity contribution in [3.63, 3.8) is 0 Å². The number of pyridine rings is 1. The normalized spacial score (nSPS) is 11.2. The van der Waals surface area contributed by atoms with Crippen molar-refractivity contribution < 1.29 is 4.39 Å². The molecule has 0 spiro atoms. The summed E-state index contributed by atoms with van der Waals surface area (Å²) in [5, 5.41) is 8.85. The summed E-state index contributed by atoms with van der Waals surface area (Å²) < 4.78 is 15.6. The smallest absolute Gasteiger partial charge is 0.254 e. The standard InChI is InChI=1S/C26H21FN4O/c27-23-14-8-7-11-19(23)16-28-17-20-15-22-24(18-9-3-1-4-10-18)30-31(25(22)29-26(20)32)21-12-5-2-6-13-21/h1-15,28H,16-17H2,(H,29,32). The predicted molar refractivity (Wildman–Crippen MR) is 124 cm³/mol. The number of benzene rings is 3. The summed E-state index contributed by atoms with van der Waals surface area (Å²) in [6.07, 6.45) is 0. The Bertz CT molecular complexity index is 1430. The van der Waals surface area contributed by atoms with Crippen LogP contribution < -0.4 is 10.9 Å². The SMILES string of the molecule is O=c1[nH]c2c(cc1CNCc1ccccc1F)c(-c1ccccc1)nn2-c1ccccc1. The van der Waals surface area contributed by atoms with Crippen molar-refractivity contribution in [1.82, 2.24) is 20.1 Å². The summed E-state index contributed by atoms with van der Waals surface area (Å²) in [5.74, 6) is -0.264. The van der Waals surface area contributed by atoms with Gasteiger partial charge in [0.1, 0.15) is 17.2 Å². The minimum absolute atomic E-state index is 0.199. The third-order valence-electron chi connectivity index (χ3n) is 5.40. The van der Waals surface area contributed by atoms with Crippen LogP contribution >= 0.6 is 0 Å². The number of aromatic nitrogens is 3. The van der Waals surface area contributed by atoms with Crippen molar-refractivity contribution >= 4 is 11.0 Å². The lowest BCUT2D eigenvalue weighted by atomic mass is 10.1. The van der Waals surface area contributed by atoms with Gasteiger partial charge in [0.05, 0.1) is 5.69 Å². The first-order chi connectivity index (χ1) is 15.7.